The van der Waals surface area contributed by atoms with Crippen LogP contribution in [0.15, 0.2) is 0 Å². The number of nitrogens with one attached hydrogen (secondary N) is 1. The second-order valence-corrected chi connectivity index (χ2v) is 4.52. The van der Waals surface area contributed by atoms with Gasteiger partial charge in [0.2, 0.25) is 5.91 Å². The van der Waals surface area contributed by atoms with E-state index in [0.717, 1.165) is 32.5 Å². The number of hydrogen-bond donors (Lipinski definition) is 2. The molecule has 0 spiro atoms. The highest BCUT2D eigenvalue weighted by Gasteiger charge is 2.33. The van der Waals surface area contributed by atoms with Crippen LogP contribution in [0.3, 0.4) is 0 Å². The van der Waals surface area contributed by atoms with Gasteiger partial charge in [-0.2, -0.15) is 0 Å². The second-order valence-electron chi connectivity index (χ2n) is 4.52. The predicted octanol–water partition coefficient (Wildman–Crippen LogP) is -0.0342. The maximum Gasteiger partial charge on any atom is 0.228 e. The highest BCUT2D eigenvalue weighted by molar-refractivity contribution is 5.85. The minimum atomic E-state index is 0. The van der Waals surface area contributed by atoms with Gasteiger partial charge in [0.1, 0.15) is 0 Å². The summed E-state index contributed by atoms with van der Waals surface area (Å²) in [7, 11) is 0. The number of likely N-dealkylation sites (tertiary alicyclic amines) is 1. The van der Waals surface area contributed by atoms with Crippen LogP contribution in [0.25, 0.3) is 0 Å². The molecule has 0 aromatic carbocycles. The number of piperidine rings is 1. The summed E-state index contributed by atoms with van der Waals surface area (Å²) in [6.07, 6.45) is 1.90. The Labute approximate surface area is 97.0 Å². The average Bonchev–Trinajstić information content (AvgIpc) is 2.00. The van der Waals surface area contributed by atoms with Gasteiger partial charge in [0.25, 0.3) is 0 Å². The molecule has 2 fully saturated rings. The Morgan fingerprint density at radius 2 is 2.13 bits per heavy atom. The number of amides is 1. The quantitative estimate of drug-likeness (QED) is 0.669. The molecule has 0 aromatic rings. The molecule has 0 saturated carbocycles. The molecule has 0 bridgehead atoms. The molecule has 1 amide bonds. The maximum absolute atomic E-state index is 11.9. The molecule has 15 heavy (non-hydrogen) atoms. The van der Waals surface area contributed by atoms with Gasteiger partial charge in [0.05, 0.1) is 5.92 Å². The highest BCUT2D eigenvalue weighted by atomic mass is 35.5. The first-order valence-corrected chi connectivity index (χ1v) is 5.45. The van der Waals surface area contributed by atoms with Crippen molar-refractivity contribution < 1.29 is 4.79 Å². The molecule has 2 heterocycles. The van der Waals surface area contributed by atoms with E-state index in [1.807, 2.05) is 4.90 Å². The van der Waals surface area contributed by atoms with Crippen molar-refractivity contribution in [3.8, 4) is 0 Å². The molecule has 5 heteroatoms. The highest BCUT2D eigenvalue weighted by Crippen LogP contribution is 2.19. The van der Waals surface area contributed by atoms with Crippen LogP contribution in [0, 0.1) is 5.92 Å². The molecular weight excluding hydrogens is 214 g/mol. The van der Waals surface area contributed by atoms with Crippen LogP contribution in [-0.4, -0.2) is 42.5 Å². The van der Waals surface area contributed by atoms with Gasteiger partial charge in [0.15, 0.2) is 0 Å². The fourth-order valence-electron chi connectivity index (χ4n) is 2.23. The first kappa shape index (κ1) is 12.7. The summed E-state index contributed by atoms with van der Waals surface area (Å²) in [6.45, 7) is 4.66. The minimum Gasteiger partial charge on any atom is -0.340 e. The van der Waals surface area contributed by atoms with Crippen LogP contribution in [0.2, 0.25) is 0 Å². The summed E-state index contributed by atoms with van der Waals surface area (Å²) >= 11 is 0. The molecule has 3 N–H and O–H groups in total. The Balaban J connectivity index is 0.00000112. The van der Waals surface area contributed by atoms with Crippen molar-refractivity contribution in [2.75, 3.05) is 19.6 Å². The van der Waals surface area contributed by atoms with Crippen molar-refractivity contribution in [2.24, 2.45) is 11.7 Å². The summed E-state index contributed by atoms with van der Waals surface area (Å²) in [6, 6.07) is 0.611. The molecule has 88 valence electrons. The second kappa shape index (κ2) is 5.14. The van der Waals surface area contributed by atoms with E-state index in [4.69, 9.17) is 5.73 Å². The topological polar surface area (TPSA) is 58.4 Å². The normalized spacial score (nSPS) is 31.7. The number of hydrogen-bond acceptors (Lipinski definition) is 3. The zero-order valence-electron chi connectivity index (χ0n) is 9.11. The predicted molar refractivity (Wildman–Crippen MR) is 62.0 cm³/mol. The van der Waals surface area contributed by atoms with Gasteiger partial charge in [-0.1, -0.05) is 0 Å². The zero-order valence-corrected chi connectivity index (χ0v) is 9.93. The van der Waals surface area contributed by atoms with Gasteiger partial charge < -0.3 is 16.0 Å². The molecule has 2 aliphatic heterocycles. The molecule has 0 radical (unpaired) electrons. The maximum atomic E-state index is 11.9. The Kier molecular flexibility index (Phi) is 4.37. The summed E-state index contributed by atoms with van der Waals surface area (Å²) < 4.78 is 0. The Bertz CT molecular complexity index is 233. The number of rotatable bonds is 1. The van der Waals surface area contributed by atoms with Gasteiger partial charge in [-0.05, 0) is 19.8 Å². The van der Waals surface area contributed by atoms with E-state index >= 15 is 0 Å². The number of carbonyl (C=O) groups excluding carboxylic acids is 1. The lowest BCUT2D eigenvalue weighted by molar-refractivity contribution is -0.140. The van der Waals surface area contributed by atoms with Crippen molar-refractivity contribution in [2.45, 2.75) is 31.8 Å². The standard InChI is InChI=1S/C10H19N3O.ClH/c1-7-4-9(11)2-3-13(7)10(14)8-5-12-6-8;/h7-9,12H,2-6,11H2,1H3;1H. The van der Waals surface area contributed by atoms with E-state index in [1.54, 1.807) is 0 Å². The largest absolute Gasteiger partial charge is 0.340 e. The van der Waals surface area contributed by atoms with E-state index in [9.17, 15) is 4.79 Å². The van der Waals surface area contributed by atoms with E-state index in [2.05, 4.69) is 12.2 Å². The number of nitrogens with two attached hydrogens (primary N) is 1. The summed E-state index contributed by atoms with van der Waals surface area (Å²) in [4.78, 5) is 14.0. The Morgan fingerprint density at radius 1 is 1.47 bits per heavy atom. The van der Waals surface area contributed by atoms with Crippen LogP contribution >= 0.6 is 12.4 Å². The van der Waals surface area contributed by atoms with Crippen molar-refractivity contribution >= 4 is 18.3 Å². The number of halogens is 1. The van der Waals surface area contributed by atoms with Crippen molar-refractivity contribution in [1.29, 1.82) is 0 Å². The van der Waals surface area contributed by atoms with Crippen molar-refractivity contribution in [3.05, 3.63) is 0 Å². The van der Waals surface area contributed by atoms with Gasteiger partial charge >= 0.3 is 0 Å². The molecule has 0 aliphatic carbocycles. The van der Waals surface area contributed by atoms with E-state index in [-0.39, 0.29) is 24.4 Å². The first-order chi connectivity index (χ1) is 6.68. The van der Waals surface area contributed by atoms with E-state index < -0.39 is 0 Å². The van der Waals surface area contributed by atoms with E-state index in [1.165, 1.54) is 0 Å². The Morgan fingerprint density at radius 3 is 2.60 bits per heavy atom. The van der Waals surface area contributed by atoms with Crippen LogP contribution in [0.5, 0.6) is 0 Å². The van der Waals surface area contributed by atoms with Crippen molar-refractivity contribution in [3.63, 3.8) is 0 Å². The van der Waals surface area contributed by atoms with Crippen LogP contribution in [0.1, 0.15) is 19.8 Å². The molecule has 0 aromatic heterocycles. The molecule has 4 nitrogen and oxygen atoms in total. The first-order valence-electron chi connectivity index (χ1n) is 5.45. The molecule has 2 atom stereocenters. The van der Waals surface area contributed by atoms with Gasteiger partial charge in [-0.15, -0.1) is 12.4 Å². The molecule has 2 rings (SSSR count). The Hall–Kier alpha value is -0.320. The summed E-state index contributed by atoms with van der Waals surface area (Å²) in [5.41, 5.74) is 5.86. The van der Waals surface area contributed by atoms with E-state index in [0.29, 0.717) is 11.9 Å². The zero-order chi connectivity index (χ0) is 10.1. The number of nitrogens with zero attached hydrogens (tertiary/aromatic N) is 1. The monoisotopic (exact) mass is 233 g/mol. The van der Waals surface area contributed by atoms with Crippen molar-refractivity contribution in [1.82, 2.24) is 10.2 Å². The fourth-order valence-corrected chi connectivity index (χ4v) is 2.23. The number of carbonyl (C=O) groups is 1. The van der Waals surface area contributed by atoms with Crippen LogP contribution in [0.4, 0.5) is 0 Å². The fraction of sp³-hybridized carbons (Fsp3) is 0.900. The van der Waals surface area contributed by atoms with Gasteiger partial charge in [-0.25, -0.2) is 0 Å². The van der Waals surface area contributed by atoms with Gasteiger partial charge in [0, 0.05) is 31.7 Å². The SMILES string of the molecule is CC1CC(N)CCN1C(=O)C1CNC1.Cl. The molecule has 2 aliphatic rings. The lowest BCUT2D eigenvalue weighted by Crippen LogP contribution is -2.56. The molecule has 2 saturated heterocycles. The summed E-state index contributed by atoms with van der Waals surface area (Å²) in [5.74, 6) is 0.551. The third kappa shape index (κ3) is 2.62. The molecule has 2 unspecified atom stereocenters. The third-order valence-corrected chi connectivity index (χ3v) is 3.33. The molecular formula is C10H20ClN3O. The lowest BCUT2D eigenvalue weighted by atomic mass is 9.95. The summed E-state index contributed by atoms with van der Waals surface area (Å²) in [5, 5.41) is 3.13. The third-order valence-electron chi connectivity index (χ3n) is 3.33. The smallest absolute Gasteiger partial charge is 0.228 e. The van der Waals surface area contributed by atoms with Gasteiger partial charge in [-0.3, -0.25) is 4.79 Å². The lowest BCUT2D eigenvalue weighted by Gasteiger charge is -2.40. The van der Waals surface area contributed by atoms with Crippen LogP contribution in [-0.2, 0) is 4.79 Å². The van der Waals surface area contributed by atoms with Crippen LogP contribution < -0.4 is 11.1 Å². The minimum absolute atomic E-state index is 0. The average molecular weight is 234 g/mol.